The van der Waals surface area contributed by atoms with Crippen LogP contribution in [0.2, 0.25) is 0 Å². The van der Waals surface area contributed by atoms with Gasteiger partial charge in [0.1, 0.15) is 0 Å². The van der Waals surface area contributed by atoms with Crippen molar-refractivity contribution in [1.29, 1.82) is 0 Å². The van der Waals surface area contributed by atoms with Crippen molar-refractivity contribution in [2.45, 2.75) is 52.0 Å². The molecule has 1 saturated heterocycles. The number of ether oxygens (including phenoxy) is 1. The highest BCUT2D eigenvalue weighted by Gasteiger charge is 2.41. The van der Waals surface area contributed by atoms with Crippen molar-refractivity contribution >= 4 is 5.78 Å². The summed E-state index contributed by atoms with van der Waals surface area (Å²) in [4.78, 5) is 15.6. The zero-order valence-corrected chi connectivity index (χ0v) is 14.4. The molecule has 0 bridgehead atoms. The van der Waals surface area contributed by atoms with E-state index < -0.39 is 0 Å². The first-order valence-corrected chi connectivity index (χ1v) is 8.52. The number of hydrogen-bond acceptors (Lipinski definition) is 3. The van der Waals surface area contributed by atoms with E-state index in [2.05, 4.69) is 44.7 Å². The maximum absolute atomic E-state index is 13.2. The van der Waals surface area contributed by atoms with Crippen LogP contribution in [0.3, 0.4) is 0 Å². The standard InChI is InChI=1S/C19H29NO2/c1-5-19(6-2,20-11-13-22-14-12-20)18(21)17-9-7-16(8-10-17)15(3)4/h7-10,15H,5-6,11-14H2,1-4H3. The first kappa shape index (κ1) is 17.2. The van der Waals surface area contributed by atoms with E-state index in [1.165, 1.54) is 5.56 Å². The van der Waals surface area contributed by atoms with Gasteiger partial charge >= 0.3 is 0 Å². The SMILES string of the molecule is CCC(CC)(C(=O)c1ccc(C(C)C)cc1)N1CCOCC1. The van der Waals surface area contributed by atoms with E-state index >= 15 is 0 Å². The minimum Gasteiger partial charge on any atom is -0.379 e. The fourth-order valence-electron chi connectivity index (χ4n) is 3.44. The predicted molar refractivity (Wildman–Crippen MR) is 90.6 cm³/mol. The molecule has 122 valence electrons. The lowest BCUT2D eigenvalue weighted by atomic mass is 9.82. The van der Waals surface area contributed by atoms with Crippen molar-refractivity contribution < 1.29 is 9.53 Å². The monoisotopic (exact) mass is 303 g/mol. The molecule has 0 atom stereocenters. The number of Topliss-reactive ketones (excluding diaryl/α,β-unsaturated/α-hetero) is 1. The molecule has 0 saturated carbocycles. The Bertz CT molecular complexity index is 483. The lowest BCUT2D eigenvalue weighted by Crippen LogP contribution is -2.57. The average molecular weight is 303 g/mol. The fourth-order valence-corrected chi connectivity index (χ4v) is 3.44. The van der Waals surface area contributed by atoms with E-state index in [0.717, 1.165) is 44.7 Å². The maximum atomic E-state index is 13.2. The lowest BCUT2D eigenvalue weighted by molar-refractivity contribution is -0.0175. The van der Waals surface area contributed by atoms with Crippen LogP contribution in [-0.2, 0) is 4.74 Å². The second-order valence-electron chi connectivity index (χ2n) is 6.44. The second kappa shape index (κ2) is 7.38. The fraction of sp³-hybridized carbons (Fsp3) is 0.632. The highest BCUT2D eigenvalue weighted by atomic mass is 16.5. The van der Waals surface area contributed by atoms with Gasteiger partial charge in [-0.05, 0) is 24.3 Å². The number of morpholine rings is 1. The summed E-state index contributed by atoms with van der Waals surface area (Å²) in [5, 5.41) is 0. The summed E-state index contributed by atoms with van der Waals surface area (Å²) in [6.45, 7) is 11.7. The minimum atomic E-state index is -0.386. The first-order chi connectivity index (χ1) is 10.5. The maximum Gasteiger partial charge on any atom is 0.183 e. The third-order valence-corrected chi connectivity index (χ3v) is 5.05. The molecule has 0 aromatic heterocycles. The molecule has 1 aliphatic heterocycles. The molecule has 0 radical (unpaired) electrons. The first-order valence-electron chi connectivity index (χ1n) is 8.52. The highest BCUT2D eigenvalue weighted by molar-refractivity contribution is 6.03. The van der Waals surface area contributed by atoms with Crippen LogP contribution < -0.4 is 0 Å². The summed E-state index contributed by atoms with van der Waals surface area (Å²) < 4.78 is 5.46. The third-order valence-electron chi connectivity index (χ3n) is 5.05. The van der Waals surface area contributed by atoms with Crippen LogP contribution in [0.25, 0.3) is 0 Å². The Hall–Kier alpha value is -1.19. The number of carbonyl (C=O) groups is 1. The van der Waals surface area contributed by atoms with E-state index in [1.807, 2.05) is 12.1 Å². The van der Waals surface area contributed by atoms with Gasteiger partial charge in [0.05, 0.1) is 18.8 Å². The molecule has 1 aliphatic rings. The van der Waals surface area contributed by atoms with Crippen molar-refractivity contribution in [2.24, 2.45) is 0 Å². The van der Waals surface area contributed by atoms with Crippen molar-refractivity contribution in [1.82, 2.24) is 4.90 Å². The summed E-state index contributed by atoms with van der Waals surface area (Å²) >= 11 is 0. The molecular weight excluding hydrogens is 274 g/mol. The average Bonchev–Trinajstić information content (AvgIpc) is 2.57. The second-order valence-corrected chi connectivity index (χ2v) is 6.44. The summed E-state index contributed by atoms with van der Waals surface area (Å²) in [6, 6.07) is 8.18. The molecule has 2 rings (SSSR count). The Morgan fingerprint density at radius 2 is 1.68 bits per heavy atom. The zero-order chi connectivity index (χ0) is 16.2. The van der Waals surface area contributed by atoms with Crippen molar-refractivity contribution in [3.8, 4) is 0 Å². The molecule has 0 spiro atoms. The van der Waals surface area contributed by atoms with E-state index in [-0.39, 0.29) is 11.3 Å². The van der Waals surface area contributed by atoms with Crippen molar-refractivity contribution in [3.63, 3.8) is 0 Å². The largest absolute Gasteiger partial charge is 0.379 e. The minimum absolute atomic E-state index is 0.259. The van der Waals surface area contributed by atoms with Gasteiger partial charge in [-0.1, -0.05) is 52.0 Å². The molecule has 1 aromatic rings. The lowest BCUT2D eigenvalue weighted by Gasteiger charge is -2.43. The molecule has 22 heavy (non-hydrogen) atoms. The Morgan fingerprint density at radius 1 is 1.14 bits per heavy atom. The van der Waals surface area contributed by atoms with Crippen molar-refractivity contribution in [2.75, 3.05) is 26.3 Å². The smallest absolute Gasteiger partial charge is 0.183 e. The van der Waals surface area contributed by atoms with Gasteiger partial charge in [-0.2, -0.15) is 0 Å². The van der Waals surface area contributed by atoms with Gasteiger partial charge in [0.15, 0.2) is 5.78 Å². The van der Waals surface area contributed by atoms with Gasteiger partial charge in [-0.3, -0.25) is 9.69 Å². The number of ketones is 1. The summed E-state index contributed by atoms with van der Waals surface area (Å²) in [7, 11) is 0. The normalized spacial score (nSPS) is 17.0. The molecule has 1 aromatic carbocycles. The molecular formula is C19H29NO2. The molecule has 1 heterocycles. The van der Waals surface area contributed by atoms with Crippen LogP contribution in [0.4, 0.5) is 0 Å². The Kier molecular flexibility index (Phi) is 5.76. The number of benzene rings is 1. The third kappa shape index (κ3) is 3.26. The van der Waals surface area contributed by atoms with Gasteiger partial charge in [-0.25, -0.2) is 0 Å². The van der Waals surface area contributed by atoms with Crippen LogP contribution in [0.15, 0.2) is 24.3 Å². The van der Waals surface area contributed by atoms with Gasteiger partial charge < -0.3 is 4.74 Å². The van der Waals surface area contributed by atoms with Gasteiger partial charge in [0, 0.05) is 18.7 Å². The Morgan fingerprint density at radius 3 is 2.14 bits per heavy atom. The Labute approximate surface area is 134 Å². The van der Waals surface area contributed by atoms with E-state index in [9.17, 15) is 4.79 Å². The van der Waals surface area contributed by atoms with Gasteiger partial charge in [0.2, 0.25) is 0 Å². The van der Waals surface area contributed by atoms with Gasteiger partial charge in [-0.15, -0.1) is 0 Å². The van der Waals surface area contributed by atoms with Crippen LogP contribution in [0.5, 0.6) is 0 Å². The quantitative estimate of drug-likeness (QED) is 0.747. The summed E-state index contributed by atoms with van der Waals surface area (Å²) in [6.07, 6.45) is 1.68. The Balaban J connectivity index is 2.28. The molecule has 3 heteroatoms. The molecule has 0 amide bonds. The summed E-state index contributed by atoms with van der Waals surface area (Å²) in [5.41, 5.74) is 1.73. The molecule has 3 nitrogen and oxygen atoms in total. The van der Waals surface area contributed by atoms with Crippen molar-refractivity contribution in [3.05, 3.63) is 35.4 Å². The highest BCUT2D eigenvalue weighted by Crippen LogP contribution is 2.30. The number of hydrogen-bond donors (Lipinski definition) is 0. The van der Waals surface area contributed by atoms with E-state index in [0.29, 0.717) is 5.92 Å². The van der Waals surface area contributed by atoms with Gasteiger partial charge in [0.25, 0.3) is 0 Å². The predicted octanol–water partition coefficient (Wildman–Crippen LogP) is 3.88. The van der Waals surface area contributed by atoms with Crippen LogP contribution in [0, 0.1) is 0 Å². The number of nitrogens with zero attached hydrogens (tertiary/aromatic N) is 1. The zero-order valence-electron chi connectivity index (χ0n) is 14.4. The molecule has 0 aliphatic carbocycles. The number of carbonyl (C=O) groups excluding carboxylic acids is 1. The van der Waals surface area contributed by atoms with Crippen LogP contribution in [0.1, 0.15) is 62.4 Å². The summed E-state index contributed by atoms with van der Waals surface area (Å²) in [5.74, 6) is 0.750. The molecule has 0 unspecified atom stereocenters. The number of rotatable bonds is 6. The van der Waals surface area contributed by atoms with Crippen LogP contribution >= 0.6 is 0 Å². The molecule has 0 N–H and O–H groups in total. The van der Waals surface area contributed by atoms with E-state index in [4.69, 9.17) is 4.74 Å². The molecule has 1 fully saturated rings. The van der Waals surface area contributed by atoms with Crippen LogP contribution in [-0.4, -0.2) is 42.5 Å². The van der Waals surface area contributed by atoms with E-state index in [1.54, 1.807) is 0 Å². The topological polar surface area (TPSA) is 29.5 Å².